The number of hydrogen-bond donors (Lipinski definition) is 1. The zero-order chi connectivity index (χ0) is 16.8. The van der Waals surface area contributed by atoms with Gasteiger partial charge in [0.15, 0.2) is 0 Å². The number of anilines is 1. The maximum atomic E-state index is 12.7. The molecule has 1 N–H and O–H groups in total. The third kappa shape index (κ3) is 3.13. The van der Waals surface area contributed by atoms with E-state index in [1.54, 1.807) is 17.0 Å². The summed E-state index contributed by atoms with van der Waals surface area (Å²) in [7, 11) is -1.59. The number of nitrogens with zero attached hydrogens (tertiary/aromatic N) is 2. The monoisotopic (exact) mass is 337 g/mol. The number of carbonyl (C=O) groups excluding carboxylic acids is 1. The summed E-state index contributed by atoms with van der Waals surface area (Å²) in [5, 5.41) is 0. The Kier molecular flexibility index (Phi) is 4.20. The van der Waals surface area contributed by atoms with Crippen molar-refractivity contribution in [3.8, 4) is 0 Å². The van der Waals surface area contributed by atoms with Gasteiger partial charge in [0.25, 0.3) is 0 Å². The van der Waals surface area contributed by atoms with Gasteiger partial charge in [-0.2, -0.15) is 0 Å². The van der Waals surface area contributed by atoms with E-state index in [1.807, 2.05) is 13.1 Å². The molecule has 3 rings (SSSR count). The molecule has 0 bridgehead atoms. The van der Waals surface area contributed by atoms with Crippen molar-refractivity contribution in [3.05, 3.63) is 23.8 Å². The van der Waals surface area contributed by atoms with Crippen LogP contribution in [0, 0.1) is 5.92 Å². The molecule has 0 unspecified atom stereocenters. The third-order valence-electron chi connectivity index (χ3n) is 4.74. The van der Waals surface area contributed by atoms with Crippen LogP contribution < -0.4 is 9.62 Å². The number of amides is 1. The minimum atomic E-state index is -3.59. The summed E-state index contributed by atoms with van der Waals surface area (Å²) in [6.07, 6.45) is 0.771. The Bertz CT molecular complexity index is 732. The minimum absolute atomic E-state index is 0.0581. The molecule has 126 valence electrons. The summed E-state index contributed by atoms with van der Waals surface area (Å²) in [5.41, 5.74) is 1.74. The van der Waals surface area contributed by atoms with E-state index in [0.29, 0.717) is 13.1 Å². The summed E-state index contributed by atoms with van der Waals surface area (Å²) in [4.78, 5) is 15.7. The maximum absolute atomic E-state index is 12.7. The van der Waals surface area contributed by atoms with Crippen LogP contribution in [-0.4, -0.2) is 51.9 Å². The molecule has 1 fully saturated rings. The summed E-state index contributed by atoms with van der Waals surface area (Å²) >= 11 is 0. The van der Waals surface area contributed by atoms with E-state index in [0.717, 1.165) is 24.2 Å². The highest BCUT2D eigenvalue weighted by Crippen LogP contribution is 2.31. The van der Waals surface area contributed by atoms with Crippen molar-refractivity contribution >= 4 is 21.6 Å². The largest absolute Gasteiger partial charge is 0.312 e. The molecule has 1 aromatic carbocycles. The number of benzene rings is 1. The SMILES string of the molecule is CC(=O)N1CCc2ccc(S(=O)(=O)N[C@@H]3CN(C)C[C@H]3C)cc21. The minimum Gasteiger partial charge on any atom is -0.312 e. The molecule has 2 atom stereocenters. The predicted molar refractivity (Wildman–Crippen MR) is 88.9 cm³/mol. The van der Waals surface area contributed by atoms with Crippen molar-refractivity contribution in [1.82, 2.24) is 9.62 Å². The second-order valence-electron chi connectivity index (χ2n) is 6.64. The van der Waals surface area contributed by atoms with E-state index in [1.165, 1.54) is 6.92 Å². The quantitative estimate of drug-likeness (QED) is 0.887. The summed E-state index contributed by atoms with van der Waals surface area (Å²) in [6.45, 7) is 5.77. The highest BCUT2D eigenvalue weighted by molar-refractivity contribution is 7.89. The van der Waals surface area contributed by atoms with Crippen LogP contribution >= 0.6 is 0 Å². The molecule has 2 heterocycles. The van der Waals surface area contributed by atoms with Crippen LogP contribution in [0.4, 0.5) is 5.69 Å². The molecule has 0 saturated carbocycles. The van der Waals surface area contributed by atoms with E-state index in [-0.39, 0.29) is 22.8 Å². The Labute approximate surface area is 137 Å². The zero-order valence-electron chi connectivity index (χ0n) is 13.7. The summed E-state index contributed by atoms with van der Waals surface area (Å²) < 4.78 is 28.2. The fourth-order valence-corrected chi connectivity index (χ4v) is 4.84. The molecule has 6 nitrogen and oxygen atoms in total. The highest BCUT2D eigenvalue weighted by Gasteiger charge is 2.32. The van der Waals surface area contributed by atoms with Gasteiger partial charge in [0.2, 0.25) is 15.9 Å². The molecular weight excluding hydrogens is 314 g/mol. The lowest BCUT2D eigenvalue weighted by Crippen LogP contribution is -2.39. The number of carbonyl (C=O) groups is 1. The first-order valence-corrected chi connectivity index (χ1v) is 9.38. The van der Waals surface area contributed by atoms with Gasteiger partial charge in [-0.25, -0.2) is 13.1 Å². The van der Waals surface area contributed by atoms with E-state index in [9.17, 15) is 13.2 Å². The van der Waals surface area contributed by atoms with Crippen LogP contribution in [0.25, 0.3) is 0 Å². The van der Waals surface area contributed by atoms with Crippen LogP contribution in [0.15, 0.2) is 23.1 Å². The maximum Gasteiger partial charge on any atom is 0.240 e. The van der Waals surface area contributed by atoms with Crippen molar-refractivity contribution in [3.63, 3.8) is 0 Å². The third-order valence-corrected chi connectivity index (χ3v) is 6.23. The first-order valence-electron chi connectivity index (χ1n) is 7.90. The molecule has 1 aromatic rings. The van der Waals surface area contributed by atoms with Crippen molar-refractivity contribution in [2.75, 3.05) is 31.6 Å². The number of nitrogens with one attached hydrogen (secondary N) is 1. The van der Waals surface area contributed by atoms with Gasteiger partial charge in [-0.1, -0.05) is 13.0 Å². The summed E-state index contributed by atoms with van der Waals surface area (Å²) in [5.74, 6) is 0.218. The van der Waals surface area contributed by atoms with Crippen LogP contribution in [0.3, 0.4) is 0 Å². The molecule has 0 radical (unpaired) electrons. The van der Waals surface area contributed by atoms with E-state index < -0.39 is 10.0 Å². The Hall–Kier alpha value is -1.44. The van der Waals surface area contributed by atoms with E-state index >= 15 is 0 Å². The lowest BCUT2D eigenvalue weighted by molar-refractivity contribution is -0.116. The normalized spacial score (nSPS) is 24.9. The Morgan fingerprint density at radius 2 is 2.04 bits per heavy atom. The standard InChI is InChI=1S/C16H23N3O3S/c1-11-9-18(3)10-15(11)17-23(21,22)14-5-4-13-6-7-19(12(2)20)16(13)8-14/h4-5,8,11,15,17H,6-7,9-10H2,1-3H3/t11-,15-/m1/s1. The molecular formula is C16H23N3O3S. The number of sulfonamides is 1. The van der Waals surface area contributed by atoms with Gasteiger partial charge in [0.1, 0.15) is 0 Å². The fourth-order valence-electron chi connectivity index (χ4n) is 3.48. The first-order chi connectivity index (χ1) is 10.8. The van der Waals surface area contributed by atoms with Crippen molar-refractivity contribution in [1.29, 1.82) is 0 Å². The van der Waals surface area contributed by atoms with E-state index in [2.05, 4.69) is 16.5 Å². The Balaban J connectivity index is 1.87. The fraction of sp³-hybridized carbons (Fsp3) is 0.562. The van der Waals surface area contributed by atoms with Crippen LogP contribution in [0.1, 0.15) is 19.4 Å². The number of fused-ring (bicyclic) bond motifs is 1. The number of likely N-dealkylation sites (N-methyl/N-ethyl adjacent to an activating group) is 1. The Morgan fingerprint density at radius 1 is 1.30 bits per heavy atom. The highest BCUT2D eigenvalue weighted by atomic mass is 32.2. The van der Waals surface area contributed by atoms with Crippen molar-refractivity contribution < 1.29 is 13.2 Å². The molecule has 2 aliphatic heterocycles. The van der Waals surface area contributed by atoms with Crippen molar-refractivity contribution in [2.45, 2.75) is 31.2 Å². The smallest absolute Gasteiger partial charge is 0.240 e. The number of hydrogen-bond acceptors (Lipinski definition) is 4. The topological polar surface area (TPSA) is 69.7 Å². The van der Waals surface area contributed by atoms with Gasteiger partial charge in [0.05, 0.1) is 4.90 Å². The second-order valence-corrected chi connectivity index (χ2v) is 8.35. The van der Waals surface area contributed by atoms with Gasteiger partial charge in [-0.15, -0.1) is 0 Å². The van der Waals surface area contributed by atoms with Gasteiger partial charge in [0, 0.05) is 38.3 Å². The van der Waals surface area contributed by atoms with Gasteiger partial charge in [-0.3, -0.25) is 4.79 Å². The van der Waals surface area contributed by atoms with Crippen LogP contribution in [0.2, 0.25) is 0 Å². The lowest BCUT2D eigenvalue weighted by atomic mass is 10.1. The predicted octanol–water partition coefficient (Wildman–Crippen LogP) is 0.824. The van der Waals surface area contributed by atoms with Crippen LogP contribution in [-0.2, 0) is 21.2 Å². The molecule has 1 amide bonds. The van der Waals surface area contributed by atoms with Crippen LogP contribution in [0.5, 0.6) is 0 Å². The molecule has 7 heteroatoms. The molecule has 0 aromatic heterocycles. The molecule has 2 aliphatic rings. The number of rotatable bonds is 3. The second kappa shape index (κ2) is 5.89. The average Bonchev–Trinajstić information content (AvgIpc) is 3.01. The van der Waals surface area contributed by atoms with Crippen molar-refractivity contribution in [2.24, 2.45) is 5.92 Å². The molecule has 0 aliphatic carbocycles. The lowest BCUT2D eigenvalue weighted by Gasteiger charge is -2.18. The molecule has 0 spiro atoms. The van der Waals surface area contributed by atoms with E-state index in [4.69, 9.17) is 0 Å². The van der Waals surface area contributed by atoms with Gasteiger partial charge < -0.3 is 9.80 Å². The molecule has 23 heavy (non-hydrogen) atoms. The summed E-state index contributed by atoms with van der Waals surface area (Å²) in [6, 6.07) is 4.99. The molecule has 1 saturated heterocycles. The zero-order valence-corrected chi connectivity index (χ0v) is 14.6. The average molecular weight is 337 g/mol. The van der Waals surface area contributed by atoms with Gasteiger partial charge >= 0.3 is 0 Å². The Morgan fingerprint density at radius 3 is 2.65 bits per heavy atom. The van der Waals surface area contributed by atoms with Gasteiger partial charge in [-0.05, 0) is 37.1 Å². The first kappa shape index (κ1) is 16.4. The number of likely N-dealkylation sites (tertiary alicyclic amines) is 1.